The van der Waals surface area contributed by atoms with Gasteiger partial charge in [-0.15, -0.1) is 11.8 Å². The minimum Gasteiger partial charge on any atom is -0.379 e. The molecule has 2 amide bonds. The average Bonchev–Trinajstić information content (AvgIpc) is 3.31. The van der Waals surface area contributed by atoms with E-state index in [-0.39, 0.29) is 12.1 Å². The number of thioether (sulfide) groups is 1. The summed E-state index contributed by atoms with van der Waals surface area (Å²) in [5, 5.41) is 5.94. The fourth-order valence-electron chi connectivity index (χ4n) is 2.47. The highest BCUT2D eigenvalue weighted by molar-refractivity contribution is 7.99. The number of amides is 2. The van der Waals surface area contributed by atoms with Crippen LogP contribution in [0.1, 0.15) is 30.9 Å². The highest BCUT2D eigenvalue weighted by Crippen LogP contribution is 2.35. The zero-order valence-corrected chi connectivity index (χ0v) is 13.0. The predicted octanol–water partition coefficient (Wildman–Crippen LogP) is 2.95. The van der Waals surface area contributed by atoms with Crippen molar-refractivity contribution in [1.82, 2.24) is 10.6 Å². The van der Waals surface area contributed by atoms with Gasteiger partial charge in [-0.2, -0.15) is 0 Å². The summed E-state index contributed by atoms with van der Waals surface area (Å²) in [6, 6.07) is 8.32. The number of nitrogens with one attached hydrogen (secondary N) is 2. The molecule has 1 aliphatic heterocycles. The van der Waals surface area contributed by atoms with Gasteiger partial charge in [0, 0.05) is 23.8 Å². The lowest BCUT2D eigenvalue weighted by molar-refractivity contribution is 0.126. The van der Waals surface area contributed by atoms with Crippen LogP contribution in [0.5, 0.6) is 0 Å². The minimum atomic E-state index is -0.100. The molecule has 1 aromatic rings. The quantitative estimate of drug-likeness (QED) is 0.795. The minimum absolute atomic E-state index is 0.100. The van der Waals surface area contributed by atoms with Crippen LogP contribution in [0.15, 0.2) is 29.2 Å². The van der Waals surface area contributed by atoms with E-state index >= 15 is 0 Å². The van der Waals surface area contributed by atoms with E-state index in [2.05, 4.69) is 22.8 Å². The molecule has 114 valence electrons. The summed E-state index contributed by atoms with van der Waals surface area (Å²) in [4.78, 5) is 13.2. The highest BCUT2D eigenvalue weighted by Gasteiger charge is 2.22. The van der Waals surface area contributed by atoms with Gasteiger partial charge in [0.05, 0.1) is 12.6 Å². The number of rotatable bonds is 6. The number of urea groups is 1. The molecule has 1 unspecified atom stereocenters. The number of fused-ring (bicyclic) bond motifs is 1. The SMILES string of the molecule is O=C(NCCOCC1CC1)NC1CCSc2ccccc21. The third kappa shape index (κ3) is 4.38. The van der Waals surface area contributed by atoms with Crippen LogP contribution in [0.25, 0.3) is 0 Å². The summed E-state index contributed by atoms with van der Waals surface area (Å²) in [6.45, 7) is 2.01. The lowest BCUT2D eigenvalue weighted by Crippen LogP contribution is -2.40. The molecule has 3 rings (SSSR count). The normalized spacial score (nSPS) is 20.7. The molecule has 1 fully saturated rings. The van der Waals surface area contributed by atoms with Gasteiger partial charge in [0.25, 0.3) is 0 Å². The van der Waals surface area contributed by atoms with Crippen molar-refractivity contribution in [3.8, 4) is 0 Å². The average molecular weight is 306 g/mol. The molecule has 0 saturated heterocycles. The molecule has 0 radical (unpaired) electrons. The van der Waals surface area contributed by atoms with Gasteiger partial charge in [-0.3, -0.25) is 0 Å². The number of benzene rings is 1. The van der Waals surface area contributed by atoms with Crippen LogP contribution in [0, 0.1) is 5.92 Å². The summed E-state index contributed by atoms with van der Waals surface area (Å²) in [5.74, 6) is 1.82. The Hall–Kier alpha value is -1.20. The summed E-state index contributed by atoms with van der Waals surface area (Å²) in [7, 11) is 0. The largest absolute Gasteiger partial charge is 0.379 e. The molecule has 21 heavy (non-hydrogen) atoms. The van der Waals surface area contributed by atoms with Gasteiger partial charge in [0.2, 0.25) is 0 Å². The number of carbonyl (C=O) groups is 1. The van der Waals surface area contributed by atoms with Gasteiger partial charge in [-0.1, -0.05) is 18.2 Å². The van der Waals surface area contributed by atoms with Crippen LogP contribution in [-0.4, -0.2) is 31.5 Å². The summed E-state index contributed by atoms with van der Waals surface area (Å²) in [5.41, 5.74) is 1.23. The summed E-state index contributed by atoms with van der Waals surface area (Å²) >= 11 is 1.86. The zero-order valence-electron chi connectivity index (χ0n) is 12.1. The van der Waals surface area contributed by atoms with Gasteiger partial charge >= 0.3 is 6.03 Å². The van der Waals surface area contributed by atoms with Gasteiger partial charge in [0.15, 0.2) is 0 Å². The van der Waals surface area contributed by atoms with E-state index in [4.69, 9.17) is 4.74 Å². The fraction of sp³-hybridized carbons (Fsp3) is 0.562. The molecule has 0 aromatic heterocycles. The smallest absolute Gasteiger partial charge is 0.315 e. The Morgan fingerprint density at radius 2 is 2.14 bits per heavy atom. The van der Waals surface area contributed by atoms with Gasteiger partial charge in [-0.05, 0) is 36.8 Å². The Labute approximate surface area is 130 Å². The van der Waals surface area contributed by atoms with E-state index in [1.165, 1.54) is 23.3 Å². The first-order chi connectivity index (χ1) is 10.3. The van der Waals surface area contributed by atoms with Crippen molar-refractivity contribution in [2.24, 2.45) is 5.92 Å². The maximum atomic E-state index is 11.9. The van der Waals surface area contributed by atoms with E-state index < -0.39 is 0 Å². The molecular formula is C16H22N2O2S. The van der Waals surface area contributed by atoms with Gasteiger partial charge in [-0.25, -0.2) is 4.79 Å². The van der Waals surface area contributed by atoms with Gasteiger partial charge < -0.3 is 15.4 Å². The topological polar surface area (TPSA) is 50.4 Å². The highest BCUT2D eigenvalue weighted by atomic mass is 32.2. The lowest BCUT2D eigenvalue weighted by Gasteiger charge is -2.25. The molecule has 2 aliphatic rings. The molecule has 1 saturated carbocycles. The van der Waals surface area contributed by atoms with Crippen LogP contribution in [0.4, 0.5) is 4.79 Å². The molecule has 1 aromatic carbocycles. The van der Waals surface area contributed by atoms with Crippen molar-refractivity contribution in [2.45, 2.75) is 30.2 Å². The molecule has 2 N–H and O–H groups in total. The first-order valence-corrected chi connectivity index (χ1v) is 8.65. The van der Waals surface area contributed by atoms with Crippen LogP contribution in [0.2, 0.25) is 0 Å². The van der Waals surface area contributed by atoms with E-state index in [0.29, 0.717) is 13.2 Å². The Morgan fingerprint density at radius 3 is 3.00 bits per heavy atom. The second kappa shape index (κ2) is 7.18. The number of hydrogen-bond donors (Lipinski definition) is 2. The zero-order chi connectivity index (χ0) is 14.5. The molecule has 0 bridgehead atoms. The Morgan fingerprint density at radius 1 is 1.29 bits per heavy atom. The first kappa shape index (κ1) is 14.7. The van der Waals surface area contributed by atoms with Crippen LogP contribution < -0.4 is 10.6 Å². The van der Waals surface area contributed by atoms with E-state index in [1.54, 1.807) is 0 Å². The lowest BCUT2D eigenvalue weighted by atomic mass is 10.0. The van der Waals surface area contributed by atoms with Crippen molar-refractivity contribution < 1.29 is 9.53 Å². The van der Waals surface area contributed by atoms with Crippen molar-refractivity contribution >= 4 is 17.8 Å². The number of carbonyl (C=O) groups excluding carboxylic acids is 1. The summed E-state index contributed by atoms with van der Waals surface area (Å²) < 4.78 is 5.51. The van der Waals surface area contributed by atoms with Crippen molar-refractivity contribution in [3.05, 3.63) is 29.8 Å². The van der Waals surface area contributed by atoms with Crippen LogP contribution in [-0.2, 0) is 4.74 Å². The van der Waals surface area contributed by atoms with Crippen LogP contribution in [0.3, 0.4) is 0 Å². The third-order valence-corrected chi connectivity index (χ3v) is 4.97. The monoisotopic (exact) mass is 306 g/mol. The van der Waals surface area contributed by atoms with Crippen molar-refractivity contribution in [3.63, 3.8) is 0 Å². The Balaban J connectivity index is 1.40. The standard InChI is InChI=1S/C16H22N2O2S/c19-16(17-8-9-20-11-12-5-6-12)18-14-7-10-21-15-4-2-1-3-13(14)15/h1-4,12,14H,5-11H2,(H2,17,18,19). The fourth-order valence-corrected chi connectivity index (χ4v) is 3.60. The maximum Gasteiger partial charge on any atom is 0.315 e. The Bertz CT molecular complexity index is 491. The Kier molecular flexibility index (Phi) is 5.04. The number of ether oxygens (including phenoxy) is 1. The molecule has 1 heterocycles. The van der Waals surface area contributed by atoms with E-state index in [9.17, 15) is 4.79 Å². The molecule has 0 spiro atoms. The molecule has 1 atom stereocenters. The van der Waals surface area contributed by atoms with Gasteiger partial charge in [0.1, 0.15) is 0 Å². The molecular weight excluding hydrogens is 284 g/mol. The second-order valence-corrected chi connectivity index (χ2v) is 6.78. The predicted molar refractivity (Wildman–Crippen MR) is 84.6 cm³/mol. The molecule has 4 nitrogen and oxygen atoms in total. The molecule has 1 aliphatic carbocycles. The van der Waals surface area contributed by atoms with Crippen LogP contribution >= 0.6 is 11.8 Å². The second-order valence-electron chi connectivity index (χ2n) is 5.65. The molecule has 5 heteroatoms. The van der Waals surface area contributed by atoms with E-state index in [0.717, 1.165) is 24.7 Å². The number of hydrogen-bond acceptors (Lipinski definition) is 3. The summed E-state index contributed by atoms with van der Waals surface area (Å²) in [6.07, 6.45) is 3.58. The van der Waals surface area contributed by atoms with E-state index in [1.807, 2.05) is 23.9 Å². The third-order valence-electron chi connectivity index (χ3n) is 3.85. The maximum absolute atomic E-state index is 11.9. The first-order valence-electron chi connectivity index (χ1n) is 7.67. The van der Waals surface area contributed by atoms with Crippen molar-refractivity contribution in [1.29, 1.82) is 0 Å². The van der Waals surface area contributed by atoms with Crippen molar-refractivity contribution in [2.75, 3.05) is 25.5 Å².